The number of carbonyl (C=O) groups is 1. The van der Waals surface area contributed by atoms with Crippen molar-refractivity contribution < 1.29 is 9.53 Å². The SMILES string of the molecule is CCOc1ccc(C(N)CC(=O)NN)cc1Cl. The first kappa shape index (κ1) is 13.8. The van der Waals surface area contributed by atoms with Crippen molar-refractivity contribution in [2.75, 3.05) is 6.61 Å². The van der Waals surface area contributed by atoms with Crippen molar-refractivity contribution in [1.82, 2.24) is 5.43 Å². The maximum atomic E-state index is 11.1. The van der Waals surface area contributed by atoms with E-state index in [0.717, 1.165) is 5.56 Å². The van der Waals surface area contributed by atoms with E-state index < -0.39 is 6.04 Å². The minimum Gasteiger partial charge on any atom is -0.492 e. The topological polar surface area (TPSA) is 90.4 Å². The molecule has 0 aliphatic carbocycles. The van der Waals surface area contributed by atoms with E-state index in [-0.39, 0.29) is 12.3 Å². The minimum atomic E-state index is -0.438. The second-order valence-electron chi connectivity index (χ2n) is 3.50. The first-order valence-corrected chi connectivity index (χ1v) is 5.63. The van der Waals surface area contributed by atoms with Crippen molar-refractivity contribution in [2.24, 2.45) is 11.6 Å². The van der Waals surface area contributed by atoms with E-state index in [4.69, 9.17) is 27.9 Å². The van der Waals surface area contributed by atoms with E-state index >= 15 is 0 Å². The standard InChI is InChI=1S/C11H16ClN3O2/c1-2-17-10-4-3-7(5-8(10)12)9(13)6-11(16)15-14/h3-5,9H,2,6,13-14H2,1H3,(H,15,16). The molecule has 0 heterocycles. The Kier molecular flexibility index (Phi) is 5.21. The van der Waals surface area contributed by atoms with E-state index in [9.17, 15) is 4.79 Å². The van der Waals surface area contributed by atoms with Gasteiger partial charge in [0.2, 0.25) is 5.91 Å². The molecule has 1 atom stereocenters. The Hall–Kier alpha value is -1.30. The Balaban J connectivity index is 2.78. The highest BCUT2D eigenvalue weighted by atomic mass is 35.5. The average Bonchev–Trinajstić information content (AvgIpc) is 2.31. The third kappa shape index (κ3) is 3.89. The number of hydrogen-bond donors (Lipinski definition) is 3. The number of hydrazine groups is 1. The molecule has 1 rings (SSSR count). The Labute approximate surface area is 105 Å². The van der Waals surface area contributed by atoms with Crippen LogP contribution in [0, 0.1) is 0 Å². The Morgan fingerprint density at radius 2 is 2.29 bits per heavy atom. The molecule has 0 aromatic heterocycles. The Morgan fingerprint density at radius 1 is 1.59 bits per heavy atom. The van der Waals surface area contributed by atoms with Crippen molar-refractivity contribution in [3.8, 4) is 5.75 Å². The van der Waals surface area contributed by atoms with Gasteiger partial charge in [-0.1, -0.05) is 17.7 Å². The van der Waals surface area contributed by atoms with Gasteiger partial charge in [0.1, 0.15) is 5.75 Å². The summed E-state index contributed by atoms with van der Waals surface area (Å²) < 4.78 is 5.30. The summed E-state index contributed by atoms with van der Waals surface area (Å²) in [5.41, 5.74) is 8.65. The normalized spacial score (nSPS) is 12.0. The molecule has 0 aliphatic rings. The van der Waals surface area contributed by atoms with Crippen LogP contribution in [0.1, 0.15) is 24.9 Å². The number of hydrogen-bond acceptors (Lipinski definition) is 4. The van der Waals surface area contributed by atoms with Gasteiger partial charge in [-0.3, -0.25) is 10.2 Å². The first-order valence-electron chi connectivity index (χ1n) is 5.25. The van der Waals surface area contributed by atoms with Gasteiger partial charge in [0, 0.05) is 12.5 Å². The first-order chi connectivity index (χ1) is 8.08. The number of nitrogens with one attached hydrogen (secondary N) is 1. The summed E-state index contributed by atoms with van der Waals surface area (Å²) in [6.45, 7) is 2.42. The van der Waals surface area contributed by atoms with E-state index in [1.807, 2.05) is 12.3 Å². The lowest BCUT2D eigenvalue weighted by Gasteiger charge is -2.13. The van der Waals surface area contributed by atoms with Crippen molar-refractivity contribution in [1.29, 1.82) is 0 Å². The van der Waals surface area contributed by atoms with Crippen molar-refractivity contribution in [2.45, 2.75) is 19.4 Å². The third-order valence-corrected chi connectivity index (χ3v) is 2.55. The smallest absolute Gasteiger partial charge is 0.235 e. The molecule has 1 amide bonds. The fourth-order valence-corrected chi connectivity index (χ4v) is 1.64. The van der Waals surface area contributed by atoms with Gasteiger partial charge in [0.25, 0.3) is 0 Å². The number of ether oxygens (including phenoxy) is 1. The predicted molar refractivity (Wildman–Crippen MR) is 66.5 cm³/mol. The summed E-state index contributed by atoms with van der Waals surface area (Å²) in [6, 6.07) is 4.78. The number of carbonyl (C=O) groups excluding carboxylic acids is 1. The highest BCUT2D eigenvalue weighted by molar-refractivity contribution is 6.32. The third-order valence-electron chi connectivity index (χ3n) is 2.25. The average molecular weight is 258 g/mol. The molecule has 94 valence electrons. The van der Waals surface area contributed by atoms with Gasteiger partial charge < -0.3 is 10.5 Å². The molecule has 0 saturated heterocycles. The fraction of sp³-hybridized carbons (Fsp3) is 0.364. The van der Waals surface area contributed by atoms with Gasteiger partial charge in [0.05, 0.1) is 11.6 Å². The summed E-state index contributed by atoms with van der Waals surface area (Å²) in [5, 5.41) is 0.480. The highest BCUT2D eigenvalue weighted by Gasteiger charge is 2.12. The van der Waals surface area contributed by atoms with Gasteiger partial charge in [-0.05, 0) is 24.6 Å². The van der Waals surface area contributed by atoms with Gasteiger partial charge in [-0.15, -0.1) is 0 Å². The van der Waals surface area contributed by atoms with Crippen molar-refractivity contribution in [3.63, 3.8) is 0 Å². The van der Waals surface area contributed by atoms with Crippen LogP contribution in [0.2, 0.25) is 5.02 Å². The van der Waals surface area contributed by atoms with Crippen LogP contribution in [-0.2, 0) is 4.79 Å². The van der Waals surface area contributed by atoms with Crippen LogP contribution < -0.4 is 21.7 Å². The molecule has 0 fully saturated rings. The fourth-order valence-electron chi connectivity index (χ4n) is 1.40. The molecule has 0 bridgehead atoms. The molecule has 5 N–H and O–H groups in total. The van der Waals surface area contributed by atoms with Crippen molar-refractivity contribution in [3.05, 3.63) is 28.8 Å². The number of nitrogens with two attached hydrogens (primary N) is 2. The quantitative estimate of drug-likeness (QED) is 0.419. The van der Waals surface area contributed by atoms with Crippen LogP contribution in [0.5, 0.6) is 5.75 Å². The molecule has 0 saturated carbocycles. The van der Waals surface area contributed by atoms with E-state index in [0.29, 0.717) is 17.4 Å². The summed E-state index contributed by atoms with van der Waals surface area (Å²) in [7, 11) is 0. The molecule has 6 heteroatoms. The molecule has 1 unspecified atom stereocenters. The second kappa shape index (κ2) is 6.44. The van der Waals surface area contributed by atoms with E-state index in [1.165, 1.54) is 0 Å². The zero-order valence-corrected chi connectivity index (χ0v) is 10.3. The minimum absolute atomic E-state index is 0.112. The molecule has 0 radical (unpaired) electrons. The molecule has 1 aromatic carbocycles. The second-order valence-corrected chi connectivity index (χ2v) is 3.91. The summed E-state index contributed by atoms with van der Waals surface area (Å²) in [5.74, 6) is 5.28. The monoisotopic (exact) mass is 257 g/mol. The maximum absolute atomic E-state index is 11.1. The molecule has 0 spiro atoms. The van der Waals surface area contributed by atoms with Gasteiger partial charge >= 0.3 is 0 Å². The zero-order chi connectivity index (χ0) is 12.8. The number of benzene rings is 1. The van der Waals surface area contributed by atoms with Gasteiger partial charge in [0.15, 0.2) is 0 Å². The van der Waals surface area contributed by atoms with Crippen LogP contribution in [0.15, 0.2) is 18.2 Å². The van der Waals surface area contributed by atoms with Gasteiger partial charge in [-0.25, -0.2) is 5.84 Å². The zero-order valence-electron chi connectivity index (χ0n) is 9.57. The molecule has 0 aliphatic heterocycles. The lowest BCUT2D eigenvalue weighted by molar-refractivity contribution is -0.121. The van der Waals surface area contributed by atoms with Crippen LogP contribution in [-0.4, -0.2) is 12.5 Å². The summed E-state index contributed by atoms with van der Waals surface area (Å²) >= 11 is 6.02. The number of rotatable bonds is 5. The van der Waals surface area contributed by atoms with Crippen LogP contribution in [0.3, 0.4) is 0 Å². The summed E-state index contributed by atoms with van der Waals surface area (Å²) in [6.07, 6.45) is 0.112. The number of halogens is 1. The molecule has 17 heavy (non-hydrogen) atoms. The van der Waals surface area contributed by atoms with Crippen LogP contribution in [0.25, 0.3) is 0 Å². The lowest BCUT2D eigenvalue weighted by atomic mass is 10.0. The Bertz CT molecular complexity index is 398. The van der Waals surface area contributed by atoms with Crippen LogP contribution in [0.4, 0.5) is 0 Å². The predicted octanol–water partition coefficient (Wildman–Crippen LogP) is 1.12. The molecule has 5 nitrogen and oxygen atoms in total. The van der Waals surface area contributed by atoms with Crippen LogP contribution >= 0.6 is 11.6 Å². The molecular formula is C11H16ClN3O2. The largest absolute Gasteiger partial charge is 0.492 e. The highest BCUT2D eigenvalue weighted by Crippen LogP contribution is 2.28. The molecule has 1 aromatic rings. The number of amides is 1. The lowest BCUT2D eigenvalue weighted by Crippen LogP contribution is -2.32. The summed E-state index contributed by atoms with van der Waals surface area (Å²) in [4.78, 5) is 11.1. The van der Waals surface area contributed by atoms with E-state index in [1.54, 1.807) is 18.2 Å². The van der Waals surface area contributed by atoms with Gasteiger partial charge in [-0.2, -0.15) is 0 Å². The molecular weight excluding hydrogens is 242 g/mol. The Morgan fingerprint density at radius 3 is 2.82 bits per heavy atom. The van der Waals surface area contributed by atoms with E-state index in [2.05, 4.69) is 0 Å². The maximum Gasteiger partial charge on any atom is 0.235 e. The van der Waals surface area contributed by atoms with Crippen molar-refractivity contribution >= 4 is 17.5 Å².